The van der Waals surface area contributed by atoms with Gasteiger partial charge in [0.15, 0.2) is 0 Å². The largest absolute Gasteiger partial charge is 0.497 e. The van der Waals surface area contributed by atoms with Gasteiger partial charge in [-0.2, -0.15) is 0 Å². The number of hydrogen-bond acceptors (Lipinski definition) is 3. The van der Waals surface area contributed by atoms with Crippen molar-refractivity contribution in [3.63, 3.8) is 0 Å². The molecule has 13 heavy (non-hydrogen) atoms. The second kappa shape index (κ2) is 4.72. The first kappa shape index (κ1) is 9.86. The summed E-state index contributed by atoms with van der Waals surface area (Å²) >= 11 is 0. The van der Waals surface area contributed by atoms with Gasteiger partial charge in [-0.3, -0.25) is 0 Å². The molecular weight excluding hydrogens is 166 g/mol. The van der Waals surface area contributed by atoms with Crippen molar-refractivity contribution in [1.29, 1.82) is 0 Å². The van der Waals surface area contributed by atoms with Crippen molar-refractivity contribution in [2.45, 2.75) is 13.5 Å². The maximum atomic E-state index is 5.75. The van der Waals surface area contributed by atoms with Crippen LogP contribution >= 0.6 is 0 Å². The molecule has 0 aliphatic carbocycles. The summed E-state index contributed by atoms with van der Waals surface area (Å²) in [4.78, 5) is 0. The third-order valence-corrected chi connectivity index (χ3v) is 1.81. The lowest BCUT2D eigenvalue weighted by Gasteiger charge is -2.07. The zero-order valence-corrected chi connectivity index (χ0v) is 8.04. The zero-order valence-electron chi connectivity index (χ0n) is 8.04. The smallest absolute Gasteiger partial charge is 0.119 e. The molecular formula is C10H15NO2. The molecule has 0 atom stereocenters. The third kappa shape index (κ3) is 2.63. The van der Waals surface area contributed by atoms with Crippen LogP contribution in [0.4, 0.5) is 5.69 Å². The van der Waals surface area contributed by atoms with E-state index in [1.165, 1.54) is 0 Å². The summed E-state index contributed by atoms with van der Waals surface area (Å²) in [6.45, 7) is 3.19. The zero-order chi connectivity index (χ0) is 9.68. The van der Waals surface area contributed by atoms with E-state index < -0.39 is 0 Å². The van der Waals surface area contributed by atoms with Crippen LogP contribution in [0.2, 0.25) is 0 Å². The topological polar surface area (TPSA) is 44.5 Å². The maximum absolute atomic E-state index is 5.75. The van der Waals surface area contributed by atoms with Gasteiger partial charge in [-0.25, -0.2) is 0 Å². The lowest BCUT2D eigenvalue weighted by atomic mass is 10.2. The number of ether oxygens (including phenoxy) is 2. The molecule has 0 unspecified atom stereocenters. The molecule has 0 heterocycles. The second-order valence-electron chi connectivity index (χ2n) is 2.70. The molecule has 0 saturated carbocycles. The van der Waals surface area contributed by atoms with Gasteiger partial charge in [0.05, 0.1) is 13.7 Å². The van der Waals surface area contributed by atoms with E-state index >= 15 is 0 Å². The number of benzene rings is 1. The number of hydrogen-bond donors (Lipinski definition) is 1. The van der Waals surface area contributed by atoms with E-state index in [1.54, 1.807) is 7.11 Å². The first-order chi connectivity index (χ1) is 6.27. The van der Waals surface area contributed by atoms with Crippen LogP contribution in [0.25, 0.3) is 0 Å². The van der Waals surface area contributed by atoms with E-state index in [-0.39, 0.29) is 0 Å². The quantitative estimate of drug-likeness (QED) is 0.720. The van der Waals surface area contributed by atoms with Gasteiger partial charge >= 0.3 is 0 Å². The van der Waals surface area contributed by atoms with E-state index in [1.807, 2.05) is 25.1 Å². The van der Waals surface area contributed by atoms with Gasteiger partial charge in [0.1, 0.15) is 5.75 Å². The van der Waals surface area contributed by atoms with E-state index in [0.717, 1.165) is 17.0 Å². The highest BCUT2D eigenvalue weighted by atomic mass is 16.5. The van der Waals surface area contributed by atoms with E-state index in [9.17, 15) is 0 Å². The molecule has 1 aromatic carbocycles. The Hall–Kier alpha value is -1.22. The fraction of sp³-hybridized carbons (Fsp3) is 0.400. The van der Waals surface area contributed by atoms with Crippen LogP contribution in [0.5, 0.6) is 5.75 Å². The first-order valence-electron chi connectivity index (χ1n) is 4.28. The van der Waals surface area contributed by atoms with Gasteiger partial charge < -0.3 is 15.2 Å². The molecule has 0 saturated heterocycles. The minimum Gasteiger partial charge on any atom is -0.497 e. The predicted molar refractivity (Wildman–Crippen MR) is 52.7 cm³/mol. The monoisotopic (exact) mass is 181 g/mol. The Kier molecular flexibility index (Phi) is 3.58. The Labute approximate surface area is 78.5 Å². The standard InChI is InChI=1S/C10H15NO2/c1-3-13-7-8-6-9(12-2)4-5-10(8)11/h4-6H,3,7,11H2,1-2H3. The minimum atomic E-state index is 0.541. The summed E-state index contributed by atoms with van der Waals surface area (Å²) in [6, 6.07) is 5.56. The summed E-state index contributed by atoms with van der Waals surface area (Å²) in [6.07, 6.45) is 0. The molecule has 0 aromatic heterocycles. The second-order valence-corrected chi connectivity index (χ2v) is 2.70. The molecule has 1 rings (SSSR count). The van der Waals surface area contributed by atoms with Crippen LogP contribution in [0.15, 0.2) is 18.2 Å². The highest BCUT2D eigenvalue weighted by molar-refractivity contribution is 5.50. The Balaban J connectivity index is 2.78. The van der Waals surface area contributed by atoms with E-state index in [2.05, 4.69) is 0 Å². The molecule has 0 spiro atoms. The number of rotatable bonds is 4. The van der Waals surface area contributed by atoms with Crippen molar-refractivity contribution in [2.24, 2.45) is 0 Å². The molecule has 72 valence electrons. The summed E-state index contributed by atoms with van der Waals surface area (Å²) < 4.78 is 10.3. The highest BCUT2D eigenvalue weighted by Crippen LogP contribution is 2.19. The van der Waals surface area contributed by atoms with Gasteiger partial charge in [0.2, 0.25) is 0 Å². The summed E-state index contributed by atoms with van der Waals surface area (Å²) in [7, 11) is 1.63. The SMILES string of the molecule is CCOCc1cc(OC)ccc1N. The van der Waals surface area contributed by atoms with Gasteiger partial charge in [-0.1, -0.05) is 0 Å². The van der Waals surface area contributed by atoms with Crippen LogP contribution < -0.4 is 10.5 Å². The maximum Gasteiger partial charge on any atom is 0.119 e. The van der Waals surface area contributed by atoms with Crippen LogP contribution in [0, 0.1) is 0 Å². The lowest BCUT2D eigenvalue weighted by molar-refractivity contribution is 0.134. The minimum absolute atomic E-state index is 0.541. The van der Waals surface area contributed by atoms with Crippen molar-refractivity contribution in [1.82, 2.24) is 0 Å². The summed E-state index contributed by atoms with van der Waals surface area (Å²) in [5, 5.41) is 0. The van der Waals surface area contributed by atoms with Crippen molar-refractivity contribution in [3.05, 3.63) is 23.8 Å². The van der Waals surface area contributed by atoms with Crippen molar-refractivity contribution in [2.75, 3.05) is 19.5 Å². The van der Waals surface area contributed by atoms with E-state index in [4.69, 9.17) is 15.2 Å². The first-order valence-corrected chi connectivity index (χ1v) is 4.28. The molecule has 3 heteroatoms. The average Bonchev–Trinajstić information content (AvgIpc) is 2.17. The van der Waals surface area contributed by atoms with Crippen LogP contribution in [0.1, 0.15) is 12.5 Å². The van der Waals surface area contributed by atoms with Gasteiger partial charge in [0, 0.05) is 17.9 Å². The van der Waals surface area contributed by atoms with Crippen molar-refractivity contribution >= 4 is 5.69 Å². The molecule has 0 aliphatic heterocycles. The van der Waals surface area contributed by atoms with Gasteiger partial charge in [-0.05, 0) is 25.1 Å². The Morgan fingerprint density at radius 2 is 2.15 bits per heavy atom. The highest BCUT2D eigenvalue weighted by Gasteiger charge is 2.00. The molecule has 0 fully saturated rings. The normalized spacial score (nSPS) is 10.0. The molecule has 0 bridgehead atoms. The van der Waals surface area contributed by atoms with Crippen LogP contribution in [0.3, 0.4) is 0 Å². The fourth-order valence-electron chi connectivity index (χ4n) is 1.05. The Bertz CT molecular complexity index is 274. The lowest BCUT2D eigenvalue weighted by Crippen LogP contribution is -1.98. The molecule has 3 nitrogen and oxygen atoms in total. The van der Waals surface area contributed by atoms with Crippen LogP contribution in [-0.2, 0) is 11.3 Å². The number of nitrogen functional groups attached to an aromatic ring is 1. The third-order valence-electron chi connectivity index (χ3n) is 1.81. The Morgan fingerprint density at radius 3 is 2.77 bits per heavy atom. The van der Waals surface area contributed by atoms with Gasteiger partial charge in [0.25, 0.3) is 0 Å². The molecule has 0 aliphatic rings. The summed E-state index contributed by atoms with van der Waals surface area (Å²) in [5.41, 5.74) is 7.47. The molecule has 0 amide bonds. The number of methoxy groups -OCH3 is 1. The average molecular weight is 181 g/mol. The Morgan fingerprint density at radius 1 is 1.38 bits per heavy atom. The van der Waals surface area contributed by atoms with Crippen molar-refractivity contribution < 1.29 is 9.47 Å². The number of nitrogens with two attached hydrogens (primary N) is 1. The van der Waals surface area contributed by atoms with E-state index in [0.29, 0.717) is 13.2 Å². The molecule has 0 radical (unpaired) electrons. The van der Waals surface area contributed by atoms with Crippen molar-refractivity contribution in [3.8, 4) is 5.75 Å². The summed E-state index contributed by atoms with van der Waals surface area (Å²) in [5.74, 6) is 0.809. The molecule has 2 N–H and O–H groups in total. The van der Waals surface area contributed by atoms with Crippen LogP contribution in [-0.4, -0.2) is 13.7 Å². The number of anilines is 1. The van der Waals surface area contributed by atoms with Gasteiger partial charge in [-0.15, -0.1) is 0 Å². The fourth-order valence-corrected chi connectivity index (χ4v) is 1.05. The molecule has 1 aromatic rings. The predicted octanol–water partition coefficient (Wildman–Crippen LogP) is 1.81.